The van der Waals surface area contributed by atoms with Gasteiger partial charge < -0.3 is 14.8 Å². The Kier molecular flexibility index (Phi) is 4.69. The maximum absolute atomic E-state index is 12.0. The van der Waals surface area contributed by atoms with Gasteiger partial charge in [0.05, 0.1) is 18.4 Å². The molecule has 3 heterocycles. The summed E-state index contributed by atoms with van der Waals surface area (Å²) in [6.45, 7) is 2.07. The Morgan fingerprint density at radius 2 is 1.82 bits per heavy atom. The highest BCUT2D eigenvalue weighted by atomic mass is 16.5. The first-order chi connectivity index (χ1) is 16.6. The number of aromatic nitrogens is 3. The summed E-state index contributed by atoms with van der Waals surface area (Å²) >= 11 is 0. The van der Waals surface area contributed by atoms with E-state index in [1.807, 2.05) is 47.1 Å². The number of hydrogen-bond donors (Lipinski definition) is 1. The lowest BCUT2D eigenvalue weighted by molar-refractivity contribution is 0.0600. The van der Waals surface area contributed by atoms with Gasteiger partial charge in [-0.05, 0) is 42.3 Å². The minimum Gasteiger partial charge on any atom is -0.480 e. The summed E-state index contributed by atoms with van der Waals surface area (Å²) in [4.78, 5) is 16.4. The van der Waals surface area contributed by atoms with Crippen LogP contribution in [0.5, 0.6) is 5.75 Å². The van der Waals surface area contributed by atoms with Crippen molar-refractivity contribution in [1.82, 2.24) is 14.8 Å². The lowest BCUT2D eigenvalue weighted by Crippen LogP contribution is -2.32. The van der Waals surface area contributed by atoms with Gasteiger partial charge in [0.15, 0.2) is 0 Å². The van der Waals surface area contributed by atoms with Gasteiger partial charge in [0.1, 0.15) is 24.2 Å². The predicted octanol–water partition coefficient (Wildman–Crippen LogP) is 4.93. The lowest BCUT2D eigenvalue weighted by Gasteiger charge is -2.39. The molecule has 0 radical (unpaired) electrons. The highest BCUT2D eigenvalue weighted by Gasteiger charge is 2.40. The van der Waals surface area contributed by atoms with E-state index in [4.69, 9.17) is 9.47 Å². The molecule has 2 aliphatic heterocycles. The average Bonchev–Trinajstić information content (AvgIpc) is 3.35. The molecule has 2 aliphatic rings. The molecule has 0 amide bonds. The molecule has 1 aromatic heterocycles. The fourth-order valence-electron chi connectivity index (χ4n) is 4.73. The maximum atomic E-state index is 12.0. The number of hydrogen-bond acceptors (Lipinski definition) is 6. The zero-order valence-electron chi connectivity index (χ0n) is 18.7. The first-order valence-electron chi connectivity index (χ1n) is 11.1. The van der Waals surface area contributed by atoms with E-state index in [0.717, 1.165) is 39.3 Å². The Hall–Kier alpha value is -4.39. The molecule has 0 fully saturated rings. The summed E-state index contributed by atoms with van der Waals surface area (Å²) < 4.78 is 13.4. The number of carbonyl (C=O) groups is 1. The van der Waals surface area contributed by atoms with E-state index in [1.54, 1.807) is 18.5 Å². The van der Waals surface area contributed by atoms with Gasteiger partial charge in [-0.25, -0.2) is 9.48 Å². The molecule has 0 saturated heterocycles. The summed E-state index contributed by atoms with van der Waals surface area (Å²) in [6.07, 6.45) is 1.17. The standard InChI is InChI=1S/C27H22N4O3/c1-16-8-13-21-20(14-16)23-22(25(34-21)18-9-11-19(12-10-18)26(32)33-2)24(17-6-4-3-5-7-17)31-27(30-23)28-15-29-31/h3-15,24-25H,1-2H3,(H,28,29,30)/t24-,25-/m0/s1. The number of carbonyl (C=O) groups excluding carboxylic acids is 1. The van der Waals surface area contributed by atoms with Crippen LogP contribution in [-0.4, -0.2) is 27.8 Å². The second-order valence-electron chi connectivity index (χ2n) is 8.41. The molecule has 168 valence electrons. The number of nitrogens with zero attached hydrogens (tertiary/aromatic N) is 3. The van der Waals surface area contributed by atoms with Crippen molar-refractivity contribution in [2.75, 3.05) is 12.4 Å². The molecule has 7 heteroatoms. The van der Waals surface area contributed by atoms with Crippen LogP contribution >= 0.6 is 0 Å². The summed E-state index contributed by atoms with van der Waals surface area (Å²) in [7, 11) is 1.38. The molecule has 7 nitrogen and oxygen atoms in total. The fraction of sp³-hybridized carbons (Fsp3) is 0.148. The van der Waals surface area contributed by atoms with Gasteiger partial charge in [-0.1, -0.05) is 54.1 Å². The number of ether oxygens (including phenoxy) is 2. The molecule has 1 N–H and O–H groups in total. The number of rotatable bonds is 3. The van der Waals surface area contributed by atoms with Crippen LogP contribution in [0.15, 0.2) is 84.7 Å². The van der Waals surface area contributed by atoms with Gasteiger partial charge in [-0.2, -0.15) is 10.1 Å². The van der Waals surface area contributed by atoms with E-state index in [1.165, 1.54) is 7.11 Å². The largest absolute Gasteiger partial charge is 0.480 e. The molecule has 34 heavy (non-hydrogen) atoms. The summed E-state index contributed by atoms with van der Waals surface area (Å²) in [6, 6.07) is 23.6. The molecular weight excluding hydrogens is 428 g/mol. The fourth-order valence-corrected chi connectivity index (χ4v) is 4.73. The number of benzene rings is 3. The van der Waals surface area contributed by atoms with Crippen molar-refractivity contribution in [2.24, 2.45) is 0 Å². The summed E-state index contributed by atoms with van der Waals surface area (Å²) in [5.41, 5.74) is 6.64. The SMILES string of the molecule is COC(=O)c1ccc([C@@H]2Oc3ccc(C)cc3C3=C2[C@H](c2ccccc2)n2ncnc2N3)cc1. The van der Waals surface area contributed by atoms with Gasteiger partial charge in [0, 0.05) is 11.1 Å². The second-order valence-corrected chi connectivity index (χ2v) is 8.41. The molecule has 3 aromatic carbocycles. The van der Waals surface area contributed by atoms with Crippen LogP contribution in [0.25, 0.3) is 5.70 Å². The zero-order chi connectivity index (χ0) is 23.2. The van der Waals surface area contributed by atoms with Crippen molar-refractivity contribution < 1.29 is 14.3 Å². The number of anilines is 1. The van der Waals surface area contributed by atoms with Crippen LogP contribution in [0, 0.1) is 6.92 Å². The number of fused-ring (bicyclic) bond motifs is 3. The Bertz CT molecular complexity index is 1420. The summed E-state index contributed by atoms with van der Waals surface area (Å²) in [5.74, 6) is 1.10. The molecular formula is C27H22N4O3. The Balaban J connectivity index is 1.57. The van der Waals surface area contributed by atoms with Crippen LogP contribution in [-0.2, 0) is 4.74 Å². The second kappa shape index (κ2) is 7.88. The maximum Gasteiger partial charge on any atom is 0.337 e. The first-order valence-corrected chi connectivity index (χ1v) is 11.1. The van der Waals surface area contributed by atoms with Crippen LogP contribution in [0.3, 0.4) is 0 Å². The van der Waals surface area contributed by atoms with E-state index < -0.39 is 6.10 Å². The smallest absolute Gasteiger partial charge is 0.337 e. The Morgan fingerprint density at radius 3 is 2.59 bits per heavy atom. The molecule has 4 aromatic rings. The predicted molar refractivity (Wildman–Crippen MR) is 127 cm³/mol. The van der Waals surface area contributed by atoms with Crippen molar-refractivity contribution in [3.05, 3.63) is 113 Å². The van der Waals surface area contributed by atoms with Crippen LogP contribution < -0.4 is 10.1 Å². The van der Waals surface area contributed by atoms with E-state index in [9.17, 15) is 4.79 Å². The van der Waals surface area contributed by atoms with Gasteiger partial charge in [0.2, 0.25) is 5.95 Å². The number of aryl methyl sites for hydroxylation is 1. The number of esters is 1. The van der Waals surface area contributed by atoms with Crippen LogP contribution in [0.4, 0.5) is 5.95 Å². The van der Waals surface area contributed by atoms with Crippen molar-refractivity contribution in [3.8, 4) is 5.75 Å². The molecule has 6 rings (SSSR count). The molecule has 0 aliphatic carbocycles. The molecule has 0 saturated carbocycles. The van der Waals surface area contributed by atoms with E-state index in [2.05, 4.69) is 40.5 Å². The highest BCUT2D eigenvalue weighted by molar-refractivity contribution is 5.89. The first kappa shape index (κ1) is 20.2. The van der Waals surface area contributed by atoms with E-state index >= 15 is 0 Å². The molecule has 0 bridgehead atoms. The van der Waals surface area contributed by atoms with Crippen molar-refractivity contribution in [3.63, 3.8) is 0 Å². The number of methoxy groups -OCH3 is 1. The Labute approximate surface area is 196 Å². The zero-order valence-corrected chi connectivity index (χ0v) is 18.7. The van der Waals surface area contributed by atoms with E-state index in [0.29, 0.717) is 11.5 Å². The minimum absolute atomic E-state index is 0.214. The monoisotopic (exact) mass is 450 g/mol. The van der Waals surface area contributed by atoms with Gasteiger partial charge in [0.25, 0.3) is 0 Å². The minimum atomic E-state index is -0.396. The quantitative estimate of drug-likeness (QED) is 0.446. The van der Waals surface area contributed by atoms with Gasteiger partial charge in [-0.3, -0.25) is 0 Å². The van der Waals surface area contributed by atoms with Crippen LogP contribution in [0.1, 0.15) is 44.8 Å². The van der Waals surface area contributed by atoms with Gasteiger partial charge in [-0.15, -0.1) is 0 Å². The third-order valence-corrected chi connectivity index (χ3v) is 6.32. The third-order valence-electron chi connectivity index (χ3n) is 6.32. The van der Waals surface area contributed by atoms with Crippen molar-refractivity contribution in [1.29, 1.82) is 0 Å². The van der Waals surface area contributed by atoms with Gasteiger partial charge >= 0.3 is 5.97 Å². The normalized spacial score (nSPS) is 18.2. The molecule has 0 unspecified atom stereocenters. The third kappa shape index (κ3) is 3.16. The van der Waals surface area contributed by atoms with Crippen molar-refractivity contribution in [2.45, 2.75) is 19.1 Å². The Morgan fingerprint density at radius 1 is 1.03 bits per heavy atom. The molecule has 2 atom stereocenters. The summed E-state index contributed by atoms with van der Waals surface area (Å²) in [5, 5.41) is 8.06. The van der Waals surface area contributed by atoms with Crippen LogP contribution in [0.2, 0.25) is 0 Å². The lowest BCUT2D eigenvalue weighted by atomic mass is 9.84. The van der Waals surface area contributed by atoms with E-state index in [-0.39, 0.29) is 12.0 Å². The highest BCUT2D eigenvalue weighted by Crippen LogP contribution is 2.50. The molecule has 0 spiro atoms. The average molecular weight is 450 g/mol. The van der Waals surface area contributed by atoms with Crippen molar-refractivity contribution >= 4 is 17.6 Å². The topological polar surface area (TPSA) is 78.3 Å². The number of nitrogens with one attached hydrogen (secondary N) is 1.